The topological polar surface area (TPSA) is 34.4 Å². The molecule has 0 aliphatic rings. The zero-order valence-corrected chi connectivity index (χ0v) is 12.8. The molecule has 0 radical (unpaired) electrons. The molecule has 0 amide bonds. The first-order chi connectivity index (χ1) is 9.96. The first-order valence-corrected chi connectivity index (χ1v) is 7.07. The fraction of sp³-hybridized carbons (Fsp3) is 0.412. The van der Waals surface area contributed by atoms with Crippen molar-refractivity contribution in [3.05, 3.63) is 59.3 Å². The molecule has 0 fully saturated rings. The van der Waals surface area contributed by atoms with E-state index in [1.807, 2.05) is 6.07 Å². The lowest BCUT2D eigenvalue weighted by molar-refractivity contribution is 0.0900. The Bertz CT molecular complexity index is 572. The monoisotopic (exact) mass is 291 g/mol. The molecule has 0 aliphatic carbocycles. The van der Waals surface area contributed by atoms with Gasteiger partial charge < -0.3 is 14.5 Å². The van der Waals surface area contributed by atoms with Gasteiger partial charge in [-0.1, -0.05) is 18.2 Å². The quantitative estimate of drug-likeness (QED) is 0.872. The fourth-order valence-electron chi connectivity index (χ4n) is 1.88. The van der Waals surface area contributed by atoms with E-state index in [9.17, 15) is 4.39 Å². The molecule has 0 atom stereocenters. The van der Waals surface area contributed by atoms with Gasteiger partial charge >= 0.3 is 0 Å². The number of ether oxygens (including phenoxy) is 1. The van der Waals surface area contributed by atoms with Crippen molar-refractivity contribution in [3.8, 4) is 0 Å². The molecule has 4 heteroatoms. The molecule has 3 nitrogen and oxygen atoms in total. The van der Waals surface area contributed by atoms with Gasteiger partial charge in [0.05, 0.1) is 12.9 Å². The van der Waals surface area contributed by atoms with E-state index >= 15 is 0 Å². The molecule has 0 unspecified atom stereocenters. The average Bonchev–Trinajstić information content (AvgIpc) is 2.85. The summed E-state index contributed by atoms with van der Waals surface area (Å²) in [7, 11) is 0. The van der Waals surface area contributed by atoms with Gasteiger partial charge in [-0.2, -0.15) is 0 Å². The van der Waals surface area contributed by atoms with Crippen molar-refractivity contribution in [2.75, 3.05) is 0 Å². The van der Waals surface area contributed by atoms with E-state index in [1.54, 1.807) is 24.5 Å². The highest BCUT2D eigenvalue weighted by atomic mass is 19.1. The molecule has 1 N–H and O–H groups in total. The number of rotatable bonds is 6. The third kappa shape index (κ3) is 4.99. The third-order valence-electron chi connectivity index (χ3n) is 3.10. The Morgan fingerprint density at radius 1 is 1.10 bits per heavy atom. The summed E-state index contributed by atoms with van der Waals surface area (Å²) >= 11 is 0. The van der Waals surface area contributed by atoms with Gasteiger partial charge in [0.25, 0.3) is 0 Å². The van der Waals surface area contributed by atoms with Gasteiger partial charge in [-0.05, 0) is 32.9 Å². The number of nitrogens with one attached hydrogen (secondary N) is 1. The highest BCUT2D eigenvalue weighted by molar-refractivity contribution is 5.18. The molecule has 0 saturated carbocycles. The SMILES string of the molecule is CC(C)(C)NCc1ccoc1COCc1ccccc1F. The molecule has 0 spiro atoms. The van der Waals surface area contributed by atoms with Crippen LogP contribution in [0.2, 0.25) is 0 Å². The Labute approximate surface area is 125 Å². The van der Waals surface area contributed by atoms with Crippen molar-refractivity contribution in [2.45, 2.75) is 46.1 Å². The molecule has 1 heterocycles. The maximum absolute atomic E-state index is 13.5. The summed E-state index contributed by atoms with van der Waals surface area (Å²) in [5.74, 6) is 0.537. The van der Waals surface area contributed by atoms with Crippen molar-refractivity contribution in [2.24, 2.45) is 0 Å². The van der Waals surface area contributed by atoms with Gasteiger partial charge in [-0.3, -0.25) is 0 Å². The minimum absolute atomic E-state index is 0.0442. The largest absolute Gasteiger partial charge is 0.467 e. The standard InChI is InChI=1S/C17H22FNO2/c1-17(2,3)19-10-13-8-9-21-16(13)12-20-11-14-6-4-5-7-15(14)18/h4-9,19H,10-12H2,1-3H3. The van der Waals surface area contributed by atoms with E-state index in [0.717, 1.165) is 17.9 Å². The molecule has 0 saturated heterocycles. The van der Waals surface area contributed by atoms with E-state index in [2.05, 4.69) is 26.1 Å². The van der Waals surface area contributed by atoms with Crippen molar-refractivity contribution in [1.82, 2.24) is 5.32 Å². The molecule has 21 heavy (non-hydrogen) atoms. The van der Waals surface area contributed by atoms with Crippen LogP contribution in [-0.2, 0) is 24.5 Å². The van der Waals surface area contributed by atoms with E-state index in [4.69, 9.17) is 9.15 Å². The Hall–Kier alpha value is -1.65. The van der Waals surface area contributed by atoms with Crippen LogP contribution in [-0.4, -0.2) is 5.54 Å². The number of furan rings is 1. The van der Waals surface area contributed by atoms with Crippen LogP contribution in [0.25, 0.3) is 0 Å². The van der Waals surface area contributed by atoms with Gasteiger partial charge in [0.15, 0.2) is 0 Å². The normalized spacial score (nSPS) is 11.8. The van der Waals surface area contributed by atoms with Crippen molar-refractivity contribution >= 4 is 0 Å². The Morgan fingerprint density at radius 3 is 2.57 bits per heavy atom. The van der Waals surface area contributed by atoms with Gasteiger partial charge in [-0.15, -0.1) is 0 Å². The first-order valence-electron chi connectivity index (χ1n) is 7.07. The van der Waals surface area contributed by atoms with Crippen LogP contribution >= 0.6 is 0 Å². The number of halogens is 1. The summed E-state index contributed by atoms with van der Waals surface area (Å²) in [6, 6.07) is 8.55. The highest BCUT2D eigenvalue weighted by Crippen LogP contribution is 2.15. The molecule has 114 valence electrons. The van der Waals surface area contributed by atoms with Gasteiger partial charge in [-0.25, -0.2) is 4.39 Å². The van der Waals surface area contributed by atoms with Crippen LogP contribution in [0.15, 0.2) is 41.0 Å². The molecular weight excluding hydrogens is 269 g/mol. The molecule has 2 aromatic rings. The van der Waals surface area contributed by atoms with Crippen molar-refractivity contribution in [1.29, 1.82) is 0 Å². The van der Waals surface area contributed by atoms with Crippen LogP contribution in [0, 0.1) is 5.82 Å². The van der Waals surface area contributed by atoms with Crippen LogP contribution in [0.3, 0.4) is 0 Å². The lowest BCUT2D eigenvalue weighted by atomic mass is 10.1. The second-order valence-corrected chi connectivity index (χ2v) is 6.06. The Balaban J connectivity index is 1.87. The maximum atomic E-state index is 13.5. The maximum Gasteiger partial charge on any atom is 0.133 e. The van der Waals surface area contributed by atoms with E-state index in [1.165, 1.54) is 6.07 Å². The fourth-order valence-corrected chi connectivity index (χ4v) is 1.88. The lowest BCUT2D eigenvalue weighted by Gasteiger charge is -2.20. The van der Waals surface area contributed by atoms with E-state index in [0.29, 0.717) is 12.2 Å². The smallest absolute Gasteiger partial charge is 0.133 e. The molecule has 1 aromatic carbocycles. The van der Waals surface area contributed by atoms with Gasteiger partial charge in [0.1, 0.15) is 18.2 Å². The van der Waals surface area contributed by atoms with E-state index in [-0.39, 0.29) is 18.0 Å². The van der Waals surface area contributed by atoms with Gasteiger partial charge in [0, 0.05) is 23.2 Å². The van der Waals surface area contributed by atoms with Crippen LogP contribution in [0.1, 0.15) is 37.7 Å². The second-order valence-electron chi connectivity index (χ2n) is 6.06. The summed E-state index contributed by atoms with van der Waals surface area (Å²) in [4.78, 5) is 0. The summed E-state index contributed by atoms with van der Waals surface area (Å²) in [5.41, 5.74) is 1.67. The predicted molar refractivity (Wildman–Crippen MR) is 80.2 cm³/mol. The van der Waals surface area contributed by atoms with Crippen LogP contribution in [0.5, 0.6) is 0 Å². The van der Waals surface area contributed by atoms with Crippen LogP contribution < -0.4 is 5.32 Å². The number of benzene rings is 1. The number of hydrogen-bond acceptors (Lipinski definition) is 3. The lowest BCUT2D eigenvalue weighted by Crippen LogP contribution is -2.35. The number of hydrogen-bond donors (Lipinski definition) is 1. The highest BCUT2D eigenvalue weighted by Gasteiger charge is 2.12. The van der Waals surface area contributed by atoms with Crippen LogP contribution in [0.4, 0.5) is 4.39 Å². The third-order valence-corrected chi connectivity index (χ3v) is 3.10. The molecule has 1 aromatic heterocycles. The average molecular weight is 291 g/mol. The second kappa shape index (κ2) is 6.87. The van der Waals surface area contributed by atoms with E-state index < -0.39 is 0 Å². The molecule has 0 aliphatic heterocycles. The zero-order chi connectivity index (χ0) is 15.3. The zero-order valence-electron chi connectivity index (χ0n) is 12.8. The van der Waals surface area contributed by atoms with Gasteiger partial charge in [0.2, 0.25) is 0 Å². The summed E-state index contributed by atoms with van der Waals surface area (Å²) in [6.45, 7) is 7.63. The molecule has 0 bridgehead atoms. The minimum atomic E-state index is -0.244. The first kappa shape index (κ1) is 15.7. The van der Waals surface area contributed by atoms with Crippen molar-refractivity contribution < 1.29 is 13.5 Å². The Kier molecular flexibility index (Phi) is 5.15. The minimum Gasteiger partial charge on any atom is -0.467 e. The Morgan fingerprint density at radius 2 is 1.86 bits per heavy atom. The summed E-state index contributed by atoms with van der Waals surface area (Å²) in [5, 5.41) is 3.41. The summed E-state index contributed by atoms with van der Waals surface area (Å²) in [6.07, 6.45) is 1.65. The van der Waals surface area contributed by atoms with Crippen molar-refractivity contribution in [3.63, 3.8) is 0 Å². The predicted octanol–water partition coefficient (Wildman–Crippen LogP) is 4.02. The molecule has 2 rings (SSSR count). The summed E-state index contributed by atoms with van der Waals surface area (Å²) < 4.78 is 24.5. The molecular formula is C17H22FNO2.